The van der Waals surface area contributed by atoms with E-state index in [-0.39, 0.29) is 11.4 Å². The number of nitrogens with zero attached hydrogens (tertiary/aromatic N) is 2. The summed E-state index contributed by atoms with van der Waals surface area (Å²) in [6.45, 7) is 6.56. The molecule has 1 aliphatic heterocycles. The second kappa shape index (κ2) is 7.79. The zero-order chi connectivity index (χ0) is 21.3. The molecule has 1 aliphatic rings. The topological polar surface area (TPSA) is 44.7 Å². The summed E-state index contributed by atoms with van der Waals surface area (Å²) in [6.07, 6.45) is 4.28. The van der Waals surface area contributed by atoms with Crippen LogP contribution in [0.2, 0.25) is 0 Å². The normalized spacial score (nSPS) is 15.2. The number of amides is 1. The van der Waals surface area contributed by atoms with E-state index in [1.54, 1.807) is 6.21 Å². The summed E-state index contributed by atoms with van der Waals surface area (Å²) in [4.78, 5) is 14.7. The van der Waals surface area contributed by atoms with Gasteiger partial charge in [-0.15, -0.1) is 0 Å². The van der Waals surface area contributed by atoms with Gasteiger partial charge in [-0.2, -0.15) is 5.10 Å². The Hall–Kier alpha value is -3.40. The number of hydrogen-bond acceptors (Lipinski definition) is 3. The van der Waals surface area contributed by atoms with Crippen LogP contribution in [0.4, 0.5) is 5.69 Å². The van der Waals surface area contributed by atoms with Crippen molar-refractivity contribution in [1.82, 2.24) is 5.43 Å². The lowest BCUT2D eigenvalue weighted by Gasteiger charge is -2.40. The predicted molar refractivity (Wildman–Crippen MR) is 126 cm³/mol. The molecule has 1 amide bonds. The standard InChI is InChI=1S/C26H27N3O/c1-18-16-26(2,3)29(4)24-13-12-19(14-23(18)24)17-27-28-25(30)15-21-10-7-9-20-8-5-6-11-22(20)21/h5-14,16-17H,15H2,1-4H3,(H,28,30)/b27-17+. The first-order valence-corrected chi connectivity index (χ1v) is 10.2. The highest BCUT2D eigenvalue weighted by molar-refractivity contribution is 5.91. The predicted octanol–water partition coefficient (Wildman–Crippen LogP) is 5.16. The smallest absolute Gasteiger partial charge is 0.244 e. The molecule has 0 atom stereocenters. The Morgan fingerprint density at radius 2 is 1.87 bits per heavy atom. The fourth-order valence-electron chi connectivity index (χ4n) is 4.10. The minimum absolute atomic E-state index is 0.0116. The number of hydrazone groups is 1. The van der Waals surface area contributed by atoms with Crippen molar-refractivity contribution in [1.29, 1.82) is 0 Å². The van der Waals surface area contributed by atoms with E-state index >= 15 is 0 Å². The number of fused-ring (bicyclic) bond motifs is 2. The third-order valence-corrected chi connectivity index (χ3v) is 5.87. The maximum atomic E-state index is 12.4. The molecule has 0 spiro atoms. The van der Waals surface area contributed by atoms with Crippen LogP contribution in [0.1, 0.15) is 37.5 Å². The van der Waals surface area contributed by atoms with Crippen molar-refractivity contribution < 1.29 is 4.79 Å². The molecule has 0 aliphatic carbocycles. The minimum Gasteiger partial charge on any atom is -0.366 e. The first-order valence-electron chi connectivity index (χ1n) is 10.2. The van der Waals surface area contributed by atoms with Gasteiger partial charge < -0.3 is 4.90 Å². The summed E-state index contributed by atoms with van der Waals surface area (Å²) in [7, 11) is 2.11. The van der Waals surface area contributed by atoms with Gasteiger partial charge in [0, 0.05) is 18.3 Å². The monoisotopic (exact) mass is 397 g/mol. The highest BCUT2D eigenvalue weighted by atomic mass is 16.2. The number of allylic oxidation sites excluding steroid dienone is 1. The number of anilines is 1. The highest BCUT2D eigenvalue weighted by Crippen LogP contribution is 2.37. The number of carbonyl (C=O) groups excluding carboxylic acids is 1. The van der Waals surface area contributed by atoms with Crippen molar-refractivity contribution in [2.45, 2.75) is 32.7 Å². The molecule has 1 heterocycles. The molecule has 30 heavy (non-hydrogen) atoms. The zero-order valence-corrected chi connectivity index (χ0v) is 17.9. The molecule has 0 unspecified atom stereocenters. The first kappa shape index (κ1) is 19.9. The Bertz CT molecular complexity index is 1170. The average molecular weight is 398 g/mol. The van der Waals surface area contributed by atoms with E-state index in [2.05, 4.69) is 73.6 Å². The SMILES string of the molecule is CC1=CC(C)(C)N(C)c2ccc(/C=N/NC(=O)Cc3cccc4ccccc34)cc21. The first-order chi connectivity index (χ1) is 14.3. The van der Waals surface area contributed by atoms with Crippen LogP contribution in [-0.2, 0) is 11.2 Å². The van der Waals surface area contributed by atoms with Gasteiger partial charge in [0.15, 0.2) is 0 Å². The maximum absolute atomic E-state index is 12.4. The van der Waals surface area contributed by atoms with Gasteiger partial charge in [0.25, 0.3) is 0 Å². The Morgan fingerprint density at radius 3 is 2.70 bits per heavy atom. The van der Waals surface area contributed by atoms with Crippen molar-refractivity contribution in [3.63, 3.8) is 0 Å². The van der Waals surface area contributed by atoms with E-state index in [0.29, 0.717) is 6.42 Å². The molecule has 4 nitrogen and oxygen atoms in total. The van der Waals surface area contributed by atoms with Gasteiger partial charge in [-0.1, -0.05) is 54.6 Å². The number of likely N-dealkylation sites (N-methyl/N-ethyl adjacent to an activating group) is 1. The third-order valence-electron chi connectivity index (χ3n) is 5.87. The van der Waals surface area contributed by atoms with Crippen molar-refractivity contribution in [3.8, 4) is 0 Å². The Morgan fingerprint density at radius 1 is 1.10 bits per heavy atom. The van der Waals surface area contributed by atoms with Crippen LogP contribution in [0, 0.1) is 0 Å². The van der Waals surface area contributed by atoms with E-state index in [4.69, 9.17) is 0 Å². The van der Waals surface area contributed by atoms with Gasteiger partial charge in [-0.3, -0.25) is 4.79 Å². The van der Waals surface area contributed by atoms with Gasteiger partial charge in [-0.25, -0.2) is 5.43 Å². The molecule has 4 heteroatoms. The van der Waals surface area contributed by atoms with Gasteiger partial charge in [0.05, 0.1) is 18.2 Å². The summed E-state index contributed by atoms with van der Waals surface area (Å²) in [6, 6.07) is 20.4. The largest absolute Gasteiger partial charge is 0.366 e. The second-order valence-corrected chi connectivity index (χ2v) is 8.42. The van der Waals surface area contributed by atoms with Crippen LogP contribution in [-0.4, -0.2) is 24.7 Å². The fraction of sp³-hybridized carbons (Fsp3) is 0.231. The van der Waals surface area contributed by atoms with Crippen LogP contribution < -0.4 is 10.3 Å². The molecule has 0 radical (unpaired) electrons. The average Bonchev–Trinajstić information content (AvgIpc) is 2.72. The van der Waals surface area contributed by atoms with E-state index < -0.39 is 0 Å². The molecule has 3 aromatic carbocycles. The van der Waals surface area contributed by atoms with Crippen molar-refractivity contribution >= 4 is 34.2 Å². The van der Waals surface area contributed by atoms with Crippen LogP contribution in [0.5, 0.6) is 0 Å². The number of benzene rings is 3. The minimum atomic E-state index is -0.127. The van der Waals surface area contributed by atoms with Crippen LogP contribution in [0.25, 0.3) is 16.3 Å². The highest BCUT2D eigenvalue weighted by Gasteiger charge is 2.28. The molecular formula is C26H27N3O. The number of hydrogen-bond donors (Lipinski definition) is 1. The lowest BCUT2D eigenvalue weighted by molar-refractivity contribution is -0.120. The lowest BCUT2D eigenvalue weighted by Crippen LogP contribution is -2.42. The Labute approximate surface area is 177 Å². The van der Waals surface area contributed by atoms with E-state index in [1.165, 1.54) is 16.8 Å². The summed E-state index contributed by atoms with van der Waals surface area (Å²) in [5.74, 6) is -0.127. The zero-order valence-electron chi connectivity index (χ0n) is 17.9. The van der Waals surface area contributed by atoms with E-state index in [1.807, 2.05) is 36.4 Å². The van der Waals surface area contributed by atoms with Crippen molar-refractivity contribution in [3.05, 3.63) is 83.4 Å². The molecule has 0 fully saturated rings. The molecule has 0 saturated carbocycles. The molecule has 0 aromatic heterocycles. The molecule has 152 valence electrons. The van der Waals surface area contributed by atoms with Crippen LogP contribution in [0.3, 0.4) is 0 Å². The quantitative estimate of drug-likeness (QED) is 0.488. The molecule has 0 bridgehead atoms. The summed E-state index contributed by atoms with van der Waals surface area (Å²) in [5.41, 5.74) is 8.27. The lowest BCUT2D eigenvalue weighted by atomic mass is 9.89. The van der Waals surface area contributed by atoms with Crippen molar-refractivity contribution in [2.24, 2.45) is 5.10 Å². The molecular weight excluding hydrogens is 370 g/mol. The second-order valence-electron chi connectivity index (χ2n) is 8.42. The summed E-state index contributed by atoms with van der Waals surface area (Å²) in [5, 5.41) is 6.42. The molecule has 3 aromatic rings. The van der Waals surface area contributed by atoms with Crippen LogP contribution in [0.15, 0.2) is 71.8 Å². The van der Waals surface area contributed by atoms with Gasteiger partial charge in [-0.05, 0) is 60.4 Å². The van der Waals surface area contributed by atoms with E-state index in [9.17, 15) is 4.79 Å². The van der Waals surface area contributed by atoms with Crippen LogP contribution >= 0.6 is 0 Å². The number of nitrogens with one attached hydrogen (secondary N) is 1. The molecule has 4 rings (SSSR count). The van der Waals surface area contributed by atoms with E-state index in [0.717, 1.165) is 21.9 Å². The molecule has 1 N–H and O–H groups in total. The van der Waals surface area contributed by atoms with Gasteiger partial charge in [0.1, 0.15) is 0 Å². The maximum Gasteiger partial charge on any atom is 0.244 e. The number of carbonyl (C=O) groups is 1. The summed E-state index contributed by atoms with van der Waals surface area (Å²) < 4.78 is 0. The Kier molecular flexibility index (Phi) is 5.17. The van der Waals surface area contributed by atoms with Crippen molar-refractivity contribution in [2.75, 3.05) is 11.9 Å². The Balaban J connectivity index is 1.46. The fourth-order valence-corrected chi connectivity index (χ4v) is 4.10. The summed E-state index contributed by atoms with van der Waals surface area (Å²) >= 11 is 0. The molecule has 0 saturated heterocycles. The third kappa shape index (κ3) is 3.86. The number of rotatable bonds is 4. The van der Waals surface area contributed by atoms with Gasteiger partial charge >= 0.3 is 0 Å². The van der Waals surface area contributed by atoms with Gasteiger partial charge in [0.2, 0.25) is 5.91 Å².